The average Bonchev–Trinajstić information content (AvgIpc) is 2.69. The number of fused-ring (bicyclic) bond motifs is 1. The first kappa shape index (κ1) is 13.9. The van der Waals surface area contributed by atoms with Gasteiger partial charge in [0.05, 0.1) is 20.6 Å². The van der Waals surface area contributed by atoms with Crippen LogP contribution < -0.4 is 0 Å². The summed E-state index contributed by atoms with van der Waals surface area (Å²) < 4.78 is 13.9. The third kappa shape index (κ3) is 2.61. The van der Waals surface area contributed by atoms with E-state index in [-0.39, 0.29) is 11.7 Å². The number of rotatable bonds is 4. The van der Waals surface area contributed by atoms with E-state index in [0.717, 1.165) is 15.2 Å². The molecular weight excluding hydrogens is 265 g/mol. The van der Waals surface area contributed by atoms with E-state index in [1.807, 2.05) is 13.8 Å². The van der Waals surface area contributed by atoms with Crippen molar-refractivity contribution in [3.8, 4) is 0 Å². The van der Waals surface area contributed by atoms with Crippen LogP contribution in [0.3, 0.4) is 0 Å². The SMILES string of the molecule is CC(C)C(C)(Cc1nc2ccc(F)cc2s1)C(=O)O. The molecular formula is C14H16FNO2S. The number of carboxylic acid groups (broad SMARTS) is 1. The molecule has 19 heavy (non-hydrogen) atoms. The molecule has 0 amide bonds. The van der Waals surface area contributed by atoms with Crippen molar-refractivity contribution in [1.82, 2.24) is 4.98 Å². The Kier molecular flexibility index (Phi) is 3.58. The van der Waals surface area contributed by atoms with E-state index in [4.69, 9.17) is 0 Å². The van der Waals surface area contributed by atoms with Gasteiger partial charge in [-0.1, -0.05) is 13.8 Å². The van der Waals surface area contributed by atoms with Gasteiger partial charge < -0.3 is 5.11 Å². The standard InChI is InChI=1S/C14H16FNO2S/c1-8(2)14(3,13(17)18)7-12-16-10-5-4-9(15)6-11(10)19-12/h4-6,8H,7H2,1-3H3,(H,17,18). The fraction of sp³-hybridized carbons (Fsp3) is 0.429. The van der Waals surface area contributed by atoms with Crippen LogP contribution in [0.5, 0.6) is 0 Å². The Morgan fingerprint density at radius 2 is 2.21 bits per heavy atom. The number of carboxylic acids is 1. The second-order valence-electron chi connectivity index (χ2n) is 5.27. The van der Waals surface area contributed by atoms with E-state index in [0.29, 0.717) is 6.42 Å². The molecule has 0 bridgehead atoms. The second kappa shape index (κ2) is 4.89. The number of nitrogens with zero attached hydrogens (tertiary/aromatic N) is 1. The van der Waals surface area contributed by atoms with Crippen LogP contribution in [0, 0.1) is 17.2 Å². The lowest BCUT2D eigenvalue weighted by molar-refractivity contribution is -0.150. The summed E-state index contributed by atoms with van der Waals surface area (Å²) in [5.74, 6) is -1.13. The summed E-state index contributed by atoms with van der Waals surface area (Å²) in [7, 11) is 0. The summed E-state index contributed by atoms with van der Waals surface area (Å²) in [5, 5.41) is 10.1. The van der Waals surface area contributed by atoms with Gasteiger partial charge in [-0.05, 0) is 31.0 Å². The lowest BCUT2D eigenvalue weighted by Gasteiger charge is -2.27. The predicted molar refractivity (Wildman–Crippen MR) is 73.9 cm³/mol. The Morgan fingerprint density at radius 3 is 2.79 bits per heavy atom. The number of hydrogen-bond acceptors (Lipinski definition) is 3. The van der Waals surface area contributed by atoms with E-state index in [1.54, 1.807) is 13.0 Å². The van der Waals surface area contributed by atoms with Gasteiger partial charge in [0.1, 0.15) is 5.82 Å². The Labute approximate surface area is 115 Å². The third-order valence-electron chi connectivity index (χ3n) is 3.68. The summed E-state index contributed by atoms with van der Waals surface area (Å²) in [6.07, 6.45) is 0.362. The number of carbonyl (C=O) groups is 1. The number of benzene rings is 1. The molecule has 0 saturated carbocycles. The van der Waals surface area contributed by atoms with E-state index in [1.165, 1.54) is 23.5 Å². The summed E-state index contributed by atoms with van der Waals surface area (Å²) >= 11 is 1.36. The van der Waals surface area contributed by atoms with Gasteiger partial charge in [-0.3, -0.25) is 4.79 Å². The van der Waals surface area contributed by atoms with Crippen LogP contribution in [-0.4, -0.2) is 16.1 Å². The highest BCUT2D eigenvalue weighted by Crippen LogP contribution is 2.34. The van der Waals surface area contributed by atoms with Crippen molar-refractivity contribution in [2.24, 2.45) is 11.3 Å². The number of aromatic nitrogens is 1. The highest BCUT2D eigenvalue weighted by molar-refractivity contribution is 7.18. The fourth-order valence-electron chi connectivity index (χ4n) is 1.86. The van der Waals surface area contributed by atoms with Crippen molar-refractivity contribution >= 4 is 27.5 Å². The maximum atomic E-state index is 13.1. The highest BCUT2D eigenvalue weighted by Gasteiger charge is 2.37. The average molecular weight is 281 g/mol. The molecule has 5 heteroatoms. The first-order valence-corrected chi connectivity index (χ1v) is 6.93. The molecule has 2 aromatic rings. The Hall–Kier alpha value is -1.49. The zero-order valence-corrected chi connectivity index (χ0v) is 11.9. The van der Waals surface area contributed by atoms with E-state index in [2.05, 4.69) is 4.98 Å². The van der Waals surface area contributed by atoms with Crippen molar-refractivity contribution < 1.29 is 14.3 Å². The molecule has 1 atom stereocenters. The maximum absolute atomic E-state index is 13.1. The van der Waals surface area contributed by atoms with E-state index < -0.39 is 11.4 Å². The minimum absolute atomic E-state index is 0.00579. The number of halogens is 1. The summed E-state index contributed by atoms with van der Waals surface area (Å²) in [5.41, 5.74) is -0.134. The van der Waals surface area contributed by atoms with Crippen LogP contribution in [0.15, 0.2) is 18.2 Å². The normalized spacial score (nSPS) is 14.8. The third-order valence-corrected chi connectivity index (χ3v) is 4.69. The van der Waals surface area contributed by atoms with Gasteiger partial charge in [0.2, 0.25) is 0 Å². The lowest BCUT2D eigenvalue weighted by Crippen LogP contribution is -2.35. The van der Waals surface area contributed by atoms with Gasteiger partial charge in [0, 0.05) is 6.42 Å². The Bertz CT molecular complexity index is 623. The van der Waals surface area contributed by atoms with Crippen LogP contribution in [0.25, 0.3) is 10.2 Å². The fourth-order valence-corrected chi connectivity index (χ4v) is 3.02. The van der Waals surface area contributed by atoms with Gasteiger partial charge in [-0.15, -0.1) is 11.3 Å². The van der Waals surface area contributed by atoms with Crippen molar-refractivity contribution in [1.29, 1.82) is 0 Å². The predicted octanol–water partition coefficient (Wildman–Crippen LogP) is 3.72. The molecule has 1 unspecified atom stereocenters. The molecule has 0 radical (unpaired) electrons. The lowest BCUT2D eigenvalue weighted by atomic mass is 9.76. The van der Waals surface area contributed by atoms with Crippen molar-refractivity contribution in [2.75, 3.05) is 0 Å². The molecule has 1 N–H and O–H groups in total. The molecule has 1 aromatic carbocycles. The van der Waals surface area contributed by atoms with Gasteiger partial charge in [0.15, 0.2) is 0 Å². The van der Waals surface area contributed by atoms with Crippen LogP contribution in [0.2, 0.25) is 0 Å². The van der Waals surface area contributed by atoms with Crippen molar-refractivity contribution in [3.05, 3.63) is 29.0 Å². The van der Waals surface area contributed by atoms with E-state index >= 15 is 0 Å². The molecule has 0 aliphatic carbocycles. The molecule has 1 aromatic heterocycles. The molecule has 0 spiro atoms. The van der Waals surface area contributed by atoms with Crippen LogP contribution in [0.4, 0.5) is 4.39 Å². The number of hydrogen-bond donors (Lipinski definition) is 1. The summed E-state index contributed by atoms with van der Waals surface area (Å²) in [6, 6.07) is 4.42. The van der Waals surface area contributed by atoms with Crippen molar-refractivity contribution in [3.63, 3.8) is 0 Å². The quantitative estimate of drug-likeness (QED) is 0.929. The van der Waals surface area contributed by atoms with E-state index in [9.17, 15) is 14.3 Å². The zero-order chi connectivity index (χ0) is 14.2. The molecule has 3 nitrogen and oxygen atoms in total. The molecule has 2 rings (SSSR count). The number of thiazole rings is 1. The van der Waals surface area contributed by atoms with Crippen LogP contribution in [0.1, 0.15) is 25.8 Å². The molecule has 0 saturated heterocycles. The zero-order valence-electron chi connectivity index (χ0n) is 11.1. The summed E-state index contributed by atoms with van der Waals surface area (Å²) in [6.45, 7) is 5.51. The van der Waals surface area contributed by atoms with Crippen molar-refractivity contribution in [2.45, 2.75) is 27.2 Å². The number of aliphatic carboxylic acids is 1. The molecule has 102 valence electrons. The van der Waals surface area contributed by atoms with Gasteiger partial charge >= 0.3 is 5.97 Å². The van der Waals surface area contributed by atoms with Gasteiger partial charge in [0.25, 0.3) is 0 Å². The largest absolute Gasteiger partial charge is 0.481 e. The maximum Gasteiger partial charge on any atom is 0.310 e. The molecule has 0 fully saturated rings. The second-order valence-corrected chi connectivity index (χ2v) is 6.39. The van der Waals surface area contributed by atoms with Crippen LogP contribution in [-0.2, 0) is 11.2 Å². The van der Waals surface area contributed by atoms with Gasteiger partial charge in [-0.25, -0.2) is 9.37 Å². The minimum atomic E-state index is -0.855. The Balaban J connectivity index is 2.37. The monoisotopic (exact) mass is 281 g/mol. The first-order valence-electron chi connectivity index (χ1n) is 6.11. The Morgan fingerprint density at radius 1 is 1.53 bits per heavy atom. The molecule has 0 aliphatic rings. The minimum Gasteiger partial charge on any atom is -0.481 e. The molecule has 0 aliphatic heterocycles. The van der Waals surface area contributed by atoms with Crippen LogP contribution >= 0.6 is 11.3 Å². The topological polar surface area (TPSA) is 50.2 Å². The molecule has 1 heterocycles. The highest BCUT2D eigenvalue weighted by atomic mass is 32.1. The van der Waals surface area contributed by atoms with Gasteiger partial charge in [-0.2, -0.15) is 0 Å². The summed E-state index contributed by atoms with van der Waals surface area (Å²) in [4.78, 5) is 15.8. The first-order chi connectivity index (χ1) is 8.83. The smallest absolute Gasteiger partial charge is 0.310 e.